The molecule has 0 atom stereocenters. The van der Waals surface area contributed by atoms with Crippen molar-refractivity contribution < 1.29 is 14.3 Å². The third-order valence-electron chi connectivity index (χ3n) is 5.46. The Morgan fingerprint density at radius 1 is 1.29 bits per heavy atom. The molecule has 1 aliphatic rings. The summed E-state index contributed by atoms with van der Waals surface area (Å²) in [6.07, 6.45) is 0.591. The van der Waals surface area contributed by atoms with Gasteiger partial charge in [-0.05, 0) is 73.4 Å². The zero-order chi connectivity index (χ0) is 22.3. The zero-order valence-electron chi connectivity index (χ0n) is 17.6. The van der Waals surface area contributed by atoms with E-state index < -0.39 is 11.4 Å². The minimum Gasteiger partial charge on any atom is -0.386 e. The summed E-state index contributed by atoms with van der Waals surface area (Å²) in [6, 6.07) is 8.25. The lowest BCUT2D eigenvalue weighted by atomic mass is 9.89. The SMILES string of the molecule is CN(C)CCC1(O)CN(C(=O)c2cc3c(cc2Nc2ccc(I)cc2F)nnn3C)C1. The molecule has 0 unspecified atom stereocenters. The van der Waals surface area contributed by atoms with Crippen molar-refractivity contribution in [3.05, 3.63) is 45.3 Å². The van der Waals surface area contributed by atoms with Gasteiger partial charge in [-0.25, -0.2) is 9.07 Å². The van der Waals surface area contributed by atoms with Crippen LogP contribution in [0.1, 0.15) is 16.8 Å². The van der Waals surface area contributed by atoms with E-state index in [2.05, 4.69) is 15.6 Å². The van der Waals surface area contributed by atoms with Crippen molar-refractivity contribution in [3.63, 3.8) is 0 Å². The molecule has 3 aromatic rings. The molecule has 2 N–H and O–H groups in total. The van der Waals surface area contributed by atoms with Crippen LogP contribution in [0.15, 0.2) is 30.3 Å². The average molecular weight is 538 g/mol. The number of nitrogens with zero attached hydrogens (tertiary/aromatic N) is 5. The topological polar surface area (TPSA) is 86.5 Å². The molecular weight excluding hydrogens is 514 g/mol. The van der Waals surface area contributed by atoms with Crippen molar-refractivity contribution in [3.8, 4) is 0 Å². The van der Waals surface area contributed by atoms with Crippen LogP contribution in [0.2, 0.25) is 0 Å². The number of aliphatic hydroxyl groups is 1. The second kappa shape index (κ2) is 8.32. The maximum atomic E-state index is 14.4. The first-order valence-electron chi connectivity index (χ1n) is 9.87. The summed E-state index contributed by atoms with van der Waals surface area (Å²) in [6.45, 7) is 1.27. The van der Waals surface area contributed by atoms with E-state index in [0.717, 1.165) is 10.1 Å². The Balaban J connectivity index is 1.63. The quantitative estimate of drug-likeness (QED) is 0.470. The summed E-state index contributed by atoms with van der Waals surface area (Å²) >= 11 is 2.04. The van der Waals surface area contributed by atoms with Gasteiger partial charge in [-0.2, -0.15) is 0 Å². The molecular formula is C21H24FIN6O2. The highest BCUT2D eigenvalue weighted by Gasteiger charge is 2.43. The number of likely N-dealkylation sites (tertiary alicyclic amines) is 1. The fraction of sp³-hybridized carbons (Fsp3) is 0.381. The van der Waals surface area contributed by atoms with Crippen LogP contribution >= 0.6 is 22.6 Å². The highest BCUT2D eigenvalue weighted by molar-refractivity contribution is 14.1. The number of nitrogens with one attached hydrogen (secondary N) is 1. The van der Waals surface area contributed by atoms with Gasteiger partial charge in [-0.3, -0.25) is 4.79 Å². The van der Waals surface area contributed by atoms with Crippen LogP contribution in [0, 0.1) is 9.39 Å². The number of halogens is 2. The predicted octanol–water partition coefficient (Wildman–Crippen LogP) is 2.59. The molecule has 8 nitrogen and oxygen atoms in total. The first kappa shape index (κ1) is 21.9. The molecule has 0 bridgehead atoms. The predicted molar refractivity (Wildman–Crippen MR) is 125 cm³/mol. The highest BCUT2D eigenvalue weighted by Crippen LogP contribution is 2.32. The summed E-state index contributed by atoms with van der Waals surface area (Å²) in [7, 11) is 5.65. The molecule has 0 saturated carbocycles. The molecule has 31 heavy (non-hydrogen) atoms. The van der Waals surface area contributed by atoms with Crippen molar-refractivity contribution in [1.29, 1.82) is 0 Å². The fourth-order valence-electron chi connectivity index (χ4n) is 3.66. The molecule has 10 heteroatoms. The Hall–Kier alpha value is -2.31. The number of aromatic nitrogens is 3. The van der Waals surface area contributed by atoms with E-state index in [1.165, 1.54) is 6.07 Å². The summed E-state index contributed by atoms with van der Waals surface area (Å²) in [5.41, 5.74) is 1.50. The van der Waals surface area contributed by atoms with Crippen LogP contribution in [-0.4, -0.2) is 75.1 Å². The number of benzene rings is 2. The van der Waals surface area contributed by atoms with E-state index in [1.54, 1.807) is 40.9 Å². The van der Waals surface area contributed by atoms with Gasteiger partial charge in [0.25, 0.3) is 5.91 Å². The van der Waals surface area contributed by atoms with Crippen LogP contribution in [0.25, 0.3) is 11.0 Å². The molecule has 2 aromatic carbocycles. The molecule has 1 saturated heterocycles. The number of carbonyl (C=O) groups is 1. The Morgan fingerprint density at radius 3 is 2.71 bits per heavy atom. The zero-order valence-corrected chi connectivity index (χ0v) is 19.7. The van der Waals surface area contributed by atoms with E-state index in [-0.39, 0.29) is 24.7 Å². The van der Waals surface area contributed by atoms with Crippen molar-refractivity contribution in [2.24, 2.45) is 7.05 Å². The molecule has 0 aliphatic carbocycles. The number of hydrogen-bond donors (Lipinski definition) is 2. The summed E-state index contributed by atoms with van der Waals surface area (Å²) in [5, 5.41) is 21.8. The number of carbonyl (C=O) groups excluding carboxylic acids is 1. The van der Waals surface area contributed by atoms with Gasteiger partial charge in [0.2, 0.25) is 0 Å². The van der Waals surface area contributed by atoms with Gasteiger partial charge in [-0.1, -0.05) is 5.21 Å². The molecule has 1 aromatic heterocycles. The van der Waals surface area contributed by atoms with E-state index >= 15 is 0 Å². The molecule has 2 heterocycles. The number of β-amino-alcohol motifs (C(OH)–C–C–N with tert-alkyl or cyclic N) is 1. The lowest BCUT2D eigenvalue weighted by Crippen LogP contribution is -2.64. The summed E-state index contributed by atoms with van der Waals surface area (Å²) in [5.74, 6) is -0.641. The Kier molecular flexibility index (Phi) is 5.88. The number of aryl methyl sites for hydroxylation is 1. The average Bonchev–Trinajstić information content (AvgIpc) is 3.05. The minimum atomic E-state index is -0.881. The van der Waals surface area contributed by atoms with E-state index in [4.69, 9.17) is 0 Å². The van der Waals surface area contributed by atoms with Crippen molar-refractivity contribution in [1.82, 2.24) is 24.8 Å². The van der Waals surface area contributed by atoms with Gasteiger partial charge < -0.3 is 20.2 Å². The van der Waals surface area contributed by atoms with Crippen LogP contribution in [0.4, 0.5) is 15.8 Å². The van der Waals surface area contributed by atoms with Gasteiger partial charge in [-0.15, -0.1) is 5.10 Å². The summed E-state index contributed by atoms with van der Waals surface area (Å²) in [4.78, 5) is 16.9. The van der Waals surface area contributed by atoms with Crippen molar-refractivity contribution in [2.75, 3.05) is 39.0 Å². The van der Waals surface area contributed by atoms with Crippen LogP contribution in [0.3, 0.4) is 0 Å². The lowest BCUT2D eigenvalue weighted by molar-refractivity contribution is -0.0881. The van der Waals surface area contributed by atoms with Gasteiger partial charge in [0.1, 0.15) is 16.9 Å². The van der Waals surface area contributed by atoms with Crippen LogP contribution < -0.4 is 5.32 Å². The first-order chi connectivity index (χ1) is 14.6. The molecule has 164 valence electrons. The van der Waals surface area contributed by atoms with Gasteiger partial charge in [0, 0.05) is 17.2 Å². The maximum Gasteiger partial charge on any atom is 0.256 e. The molecule has 0 radical (unpaired) electrons. The molecule has 4 rings (SSSR count). The molecule has 1 fully saturated rings. The largest absolute Gasteiger partial charge is 0.386 e. The van der Waals surface area contributed by atoms with Crippen molar-refractivity contribution >= 4 is 50.9 Å². The maximum absolute atomic E-state index is 14.4. The van der Waals surface area contributed by atoms with E-state index in [1.807, 2.05) is 41.6 Å². The number of amides is 1. The van der Waals surface area contributed by atoms with Gasteiger partial charge >= 0.3 is 0 Å². The fourth-order valence-corrected chi connectivity index (χ4v) is 4.12. The lowest BCUT2D eigenvalue weighted by Gasteiger charge is -2.47. The number of rotatable bonds is 6. The first-order valence-corrected chi connectivity index (χ1v) is 10.9. The monoisotopic (exact) mass is 538 g/mol. The third-order valence-corrected chi connectivity index (χ3v) is 6.13. The Labute approximate surface area is 193 Å². The number of hydrogen-bond acceptors (Lipinski definition) is 6. The standard InChI is InChI=1S/C21H24FIN6O2/c1-27(2)7-6-21(31)11-29(12-21)20(30)14-9-19-18(25-26-28(19)3)10-17(14)24-16-5-4-13(23)8-15(16)22/h4-5,8-10,24,31H,6-7,11-12H2,1-3H3. The van der Waals surface area contributed by atoms with Crippen molar-refractivity contribution in [2.45, 2.75) is 12.0 Å². The summed E-state index contributed by atoms with van der Waals surface area (Å²) < 4.78 is 16.8. The second-order valence-corrected chi connectivity index (χ2v) is 9.53. The van der Waals surface area contributed by atoms with E-state index in [0.29, 0.717) is 28.7 Å². The Bertz CT molecular complexity index is 1140. The van der Waals surface area contributed by atoms with Crippen LogP contribution in [-0.2, 0) is 7.05 Å². The minimum absolute atomic E-state index is 0.231. The van der Waals surface area contributed by atoms with Gasteiger partial charge in [0.05, 0.1) is 35.5 Å². The van der Waals surface area contributed by atoms with Gasteiger partial charge in [0.15, 0.2) is 0 Å². The highest BCUT2D eigenvalue weighted by atomic mass is 127. The normalized spacial score (nSPS) is 15.4. The number of fused-ring (bicyclic) bond motifs is 1. The smallest absolute Gasteiger partial charge is 0.256 e. The Morgan fingerprint density at radius 2 is 2.03 bits per heavy atom. The van der Waals surface area contributed by atoms with E-state index in [9.17, 15) is 14.3 Å². The molecule has 1 aliphatic heterocycles. The van der Waals surface area contributed by atoms with Crippen LogP contribution in [0.5, 0.6) is 0 Å². The molecule has 0 spiro atoms. The number of anilines is 2. The third kappa shape index (κ3) is 4.51. The molecule has 1 amide bonds. The second-order valence-electron chi connectivity index (χ2n) is 8.29.